The first-order valence-corrected chi connectivity index (χ1v) is 5.73. The van der Waals surface area contributed by atoms with Crippen LogP contribution in [0.4, 0.5) is 0 Å². The van der Waals surface area contributed by atoms with Gasteiger partial charge >= 0.3 is 5.97 Å². The molecule has 18 heavy (non-hydrogen) atoms. The van der Waals surface area contributed by atoms with Crippen molar-refractivity contribution in [3.63, 3.8) is 0 Å². The van der Waals surface area contributed by atoms with Crippen molar-refractivity contribution in [3.8, 4) is 5.75 Å². The quantitative estimate of drug-likeness (QED) is 0.915. The molecular formula is C14H11ClO3. The van der Waals surface area contributed by atoms with E-state index in [0.717, 1.165) is 5.56 Å². The molecule has 0 aliphatic rings. The first kappa shape index (κ1) is 12.5. The summed E-state index contributed by atoms with van der Waals surface area (Å²) in [5, 5.41) is 9.39. The largest absolute Gasteiger partial charge is 0.489 e. The lowest BCUT2D eigenvalue weighted by Crippen LogP contribution is -1.98. The summed E-state index contributed by atoms with van der Waals surface area (Å²) in [6, 6.07) is 13.7. The maximum atomic E-state index is 10.7. The topological polar surface area (TPSA) is 46.5 Å². The highest BCUT2D eigenvalue weighted by molar-refractivity contribution is 6.30. The second-order valence-electron chi connectivity index (χ2n) is 3.75. The lowest BCUT2D eigenvalue weighted by molar-refractivity contribution is 0.0697. The molecule has 92 valence electrons. The SMILES string of the molecule is O=C(O)c1ccc(COc2cccc(Cl)c2)cc1. The monoisotopic (exact) mass is 262 g/mol. The van der Waals surface area contributed by atoms with Crippen LogP contribution in [-0.4, -0.2) is 11.1 Å². The average Bonchev–Trinajstić information content (AvgIpc) is 2.37. The van der Waals surface area contributed by atoms with Crippen LogP contribution in [-0.2, 0) is 6.61 Å². The van der Waals surface area contributed by atoms with Crippen LogP contribution in [0.15, 0.2) is 48.5 Å². The zero-order chi connectivity index (χ0) is 13.0. The van der Waals surface area contributed by atoms with E-state index < -0.39 is 5.97 Å². The van der Waals surface area contributed by atoms with Gasteiger partial charge in [0.15, 0.2) is 0 Å². The number of rotatable bonds is 4. The smallest absolute Gasteiger partial charge is 0.335 e. The number of hydrogen-bond acceptors (Lipinski definition) is 2. The molecular weight excluding hydrogens is 252 g/mol. The number of hydrogen-bond donors (Lipinski definition) is 1. The van der Waals surface area contributed by atoms with E-state index in [-0.39, 0.29) is 5.56 Å². The van der Waals surface area contributed by atoms with E-state index in [4.69, 9.17) is 21.4 Å². The fourth-order valence-electron chi connectivity index (χ4n) is 1.47. The first-order valence-electron chi connectivity index (χ1n) is 5.36. The van der Waals surface area contributed by atoms with Gasteiger partial charge in [-0.15, -0.1) is 0 Å². The van der Waals surface area contributed by atoms with Gasteiger partial charge in [-0.1, -0.05) is 29.8 Å². The maximum absolute atomic E-state index is 10.7. The van der Waals surface area contributed by atoms with E-state index in [0.29, 0.717) is 17.4 Å². The molecule has 3 nitrogen and oxygen atoms in total. The van der Waals surface area contributed by atoms with E-state index in [1.807, 2.05) is 12.1 Å². The van der Waals surface area contributed by atoms with Crippen molar-refractivity contribution >= 4 is 17.6 Å². The highest BCUT2D eigenvalue weighted by Crippen LogP contribution is 2.18. The molecule has 0 unspecified atom stereocenters. The molecule has 2 rings (SSSR count). The van der Waals surface area contributed by atoms with E-state index in [2.05, 4.69) is 0 Å². The molecule has 0 amide bonds. The Bertz CT molecular complexity index is 549. The van der Waals surface area contributed by atoms with E-state index >= 15 is 0 Å². The summed E-state index contributed by atoms with van der Waals surface area (Å²) in [7, 11) is 0. The van der Waals surface area contributed by atoms with Crippen molar-refractivity contribution in [2.45, 2.75) is 6.61 Å². The van der Waals surface area contributed by atoms with Crippen LogP contribution < -0.4 is 4.74 Å². The molecule has 4 heteroatoms. The minimum absolute atomic E-state index is 0.265. The van der Waals surface area contributed by atoms with Crippen LogP contribution in [0.5, 0.6) is 5.75 Å². The van der Waals surface area contributed by atoms with Crippen molar-refractivity contribution in [2.75, 3.05) is 0 Å². The van der Waals surface area contributed by atoms with Crippen LogP contribution in [0.25, 0.3) is 0 Å². The third-order valence-electron chi connectivity index (χ3n) is 2.40. The Morgan fingerprint density at radius 2 is 1.89 bits per heavy atom. The lowest BCUT2D eigenvalue weighted by Gasteiger charge is -2.06. The molecule has 0 saturated carbocycles. The highest BCUT2D eigenvalue weighted by atomic mass is 35.5. The maximum Gasteiger partial charge on any atom is 0.335 e. The van der Waals surface area contributed by atoms with Crippen molar-refractivity contribution in [3.05, 3.63) is 64.7 Å². The molecule has 0 atom stereocenters. The second-order valence-corrected chi connectivity index (χ2v) is 4.18. The third kappa shape index (κ3) is 3.25. The van der Waals surface area contributed by atoms with Gasteiger partial charge in [-0.3, -0.25) is 0 Å². The third-order valence-corrected chi connectivity index (χ3v) is 2.64. The molecule has 0 spiro atoms. The van der Waals surface area contributed by atoms with Crippen LogP contribution in [0.2, 0.25) is 5.02 Å². The first-order chi connectivity index (χ1) is 8.65. The van der Waals surface area contributed by atoms with Gasteiger partial charge in [0.25, 0.3) is 0 Å². The zero-order valence-electron chi connectivity index (χ0n) is 9.47. The molecule has 0 aliphatic carbocycles. The molecule has 0 bridgehead atoms. The summed E-state index contributed by atoms with van der Waals surface area (Å²) in [5.41, 5.74) is 1.17. The molecule has 0 radical (unpaired) electrons. The van der Waals surface area contributed by atoms with Gasteiger partial charge in [-0.25, -0.2) is 4.79 Å². The molecule has 0 fully saturated rings. The Hall–Kier alpha value is -2.00. The second kappa shape index (κ2) is 5.56. The van der Waals surface area contributed by atoms with Crippen LogP contribution >= 0.6 is 11.6 Å². The Morgan fingerprint density at radius 1 is 1.17 bits per heavy atom. The van der Waals surface area contributed by atoms with E-state index in [1.165, 1.54) is 0 Å². The van der Waals surface area contributed by atoms with Crippen molar-refractivity contribution in [2.24, 2.45) is 0 Å². The van der Waals surface area contributed by atoms with Crippen LogP contribution in [0.1, 0.15) is 15.9 Å². The number of ether oxygens (including phenoxy) is 1. The number of carbonyl (C=O) groups is 1. The predicted molar refractivity (Wildman–Crippen MR) is 69.2 cm³/mol. The highest BCUT2D eigenvalue weighted by Gasteiger charge is 2.02. The summed E-state index contributed by atoms with van der Waals surface area (Å²) in [6.45, 7) is 0.375. The molecule has 2 aromatic rings. The number of carboxylic acid groups (broad SMARTS) is 1. The van der Waals surface area contributed by atoms with Gasteiger partial charge in [0, 0.05) is 5.02 Å². The minimum atomic E-state index is -0.933. The van der Waals surface area contributed by atoms with Gasteiger partial charge in [-0.2, -0.15) is 0 Å². The van der Waals surface area contributed by atoms with Crippen LogP contribution in [0, 0.1) is 0 Å². The van der Waals surface area contributed by atoms with Gasteiger partial charge in [0.1, 0.15) is 12.4 Å². The molecule has 2 aromatic carbocycles. The molecule has 0 aliphatic heterocycles. The van der Waals surface area contributed by atoms with Gasteiger partial charge in [0.2, 0.25) is 0 Å². The molecule has 0 aromatic heterocycles. The normalized spacial score (nSPS) is 10.1. The van der Waals surface area contributed by atoms with Crippen molar-refractivity contribution in [1.29, 1.82) is 0 Å². The molecule has 1 N–H and O–H groups in total. The zero-order valence-corrected chi connectivity index (χ0v) is 10.2. The lowest BCUT2D eigenvalue weighted by atomic mass is 10.1. The molecule has 0 heterocycles. The van der Waals surface area contributed by atoms with Crippen molar-refractivity contribution < 1.29 is 14.6 Å². The number of carboxylic acids is 1. The Kier molecular flexibility index (Phi) is 3.85. The van der Waals surface area contributed by atoms with E-state index in [9.17, 15) is 4.79 Å². The Morgan fingerprint density at radius 3 is 2.50 bits per heavy atom. The summed E-state index contributed by atoms with van der Waals surface area (Å²) < 4.78 is 5.54. The fraction of sp³-hybridized carbons (Fsp3) is 0.0714. The predicted octanol–water partition coefficient (Wildman–Crippen LogP) is 3.62. The fourth-order valence-corrected chi connectivity index (χ4v) is 1.65. The number of aromatic carboxylic acids is 1. The Labute approximate surface area is 110 Å². The van der Waals surface area contributed by atoms with E-state index in [1.54, 1.807) is 36.4 Å². The standard InChI is InChI=1S/C14H11ClO3/c15-12-2-1-3-13(8-12)18-9-10-4-6-11(7-5-10)14(16)17/h1-8H,9H2,(H,16,17). The average molecular weight is 263 g/mol. The van der Waals surface area contributed by atoms with Crippen molar-refractivity contribution in [1.82, 2.24) is 0 Å². The van der Waals surface area contributed by atoms with Crippen LogP contribution in [0.3, 0.4) is 0 Å². The Balaban J connectivity index is 2.00. The van der Waals surface area contributed by atoms with Gasteiger partial charge < -0.3 is 9.84 Å². The minimum Gasteiger partial charge on any atom is -0.489 e. The van der Waals surface area contributed by atoms with Gasteiger partial charge in [-0.05, 0) is 35.9 Å². The summed E-state index contributed by atoms with van der Waals surface area (Å²) in [6.07, 6.45) is 0. The summed E-state index contributed by atoms with van der Waals surface area (Å²) >= 11 is 5.84. The number of benzene rings is 2. The summed E-state index contributed by atoms with van der Waals surface area (Å²) in [5.74, 6) is -0.248. The summed E-state index contributed by atoms with van der Waals surface area (Å²) in [4.78, 5) is 10.7. The van der Waals surface area contributed by atoms with Gasteiger partial charge in [0.05, 0.1) is 5.56 Å². The number of halogens is 1. The molecule has 0 saturated heterocycles.